The number of thiophene rings is 2. The van der Waals surface area contributed by atoms with Gasteiger partial charge in [0.05, 0.1) is 11.6 Å². The average Bonchev–Trinajstić information content (AvgIpc) is 3.31. The molecule has 3 heterocycles. The van der Waals surface area contributed by atoms with Crippen LogP contribution >= 0.6 is 22.7 Å². The number of aromatic nitrogens is 2. The molecular weight excluding hydrogens is 348 g/mol. The maximum atomic E-state index is 4.75. The van der Waals surface area contributed by atoms with Crippen LogP contribution in [0.4, 0.5) is 5.82 Å². The van der Waals surface area contributed by atoms with Crippen LogP contribution in [-0.4, -0.2) is 16.2 Å². The summed E-state index contributed by atoms with van der Waals surface area (Å²) < 4.78 is 0. The van der Waals surface area contributed by atoms with Crippen LogP contribution in [0.15, 0.2) is 59.0 Å². The maximum absolute atomic E-state index is 4.75. The van der Waals surface area contributed by atoms with Gasteiger partial charge in [0.1, 0.15) is 4.83 Å². The van der Waals surface area contributed by atoms with Crippen molar-refractivity contribution >= 4 is 44.9 Å². The third-order valence-corrected chi connectivity index (χ3v) is 5.71. The molecule has 4 aromatic rings. The van der Waals surface area contributed by atoms with Crippen molar-refractivity contribution in [1.29, 1.82) is 0 Å². The minimum Gasteiger partial charge on any atom is -0.261 e. The molecule has 1 N–H and O–H groups in total. The van der Waals surface area contributed by atoms with Crippen LogP contribution in [-0.2, 0) is 6.42 Å². The number of benzene rings is 1. The monoisotopic (exact) mass is 364 g/mol. The fourth-order valence-electron chi connectivity index (χ4n) is 2.47. The van der Waals surface area contributed by atoms with Gasteiger partial charge in [0, 0.05) is 15.3 Å². The number of hydrazone groups is 1. The van der Waals surface area contributed by atoms with Gasteiger partial charge in [0.15, 0.2) is 11.6 Å². The average molecular weight is 364 g/mol. The van der Waals surface area contributed by atoms with E-state index < -0.39 is 0 Å². The van der Waals surface area contributed by atoms with Crippen LogP contribution in [0.2, 0.25) is 0 Å². The molecule has 0 saturated heterocycles. The molecular formula is C19H16N4S2. The number of hydrogen-bond acceptors (Lipinski definition) is 6. The molecule has 0 aliphatic heterocycles. The fourth-order valence-corrected chi connectivity index (χ4v) is 4.02. The van der Waals surface area contributed by atoms with Crippen LogP contribution in [0.3, 0.4) is 0 Å². The first kappa shape index (κ1) is 15.9. The van der Waals surface area contributed by atoms with Gasteiger partial charge in [-0.1, -0.05) is 43.3 Å². The zero-order valence-corrected chi connectivity index (χ0v) is 15.3. The Labute approximate surface area is 153 Å². The predicted octanol–water partition coefficient (Wildman–Crippen LogP) is 5.43. The van der Waals surface area contributed by atoms with E-state index in [9.17, 15) is 0 Å². The predicted molar refractivity (Wildman–Crippen MR) is 108 cm³/mol. The Morgan fingerprint density at radius 2 is 2.00 bits per heavy atom. The van der Waals surface area contributed by atoms with E-state index in [1.54, 1.807) is 22.7 Å². The molecule has 0 saturated carbocycles. The van der Waals surface area contributed by atoms with E-state index in [0.29, 0.717) is 5.82 Å². The summed E-state index contributed by atoms with van der Waals surface area (Å²) in [6, 6.07) is 16.2. The minimum atomic E-state index is 0.714. The molecule has 6 heteroatoms. The second-order valence-electron chi connectivity index (χ2n) is 5.43. The maximum Gasteiger partial charge on any atom is 0.163 e. The fraction of sp³-hybridized carbons (Fsp3) is 0.105. The van der Waals surface area contributed by atoms with Crippen molar-refractivity contribution < 1.29 is 0 Å². The number of rotatable bonds is 5. The van der Waals surface area contributed by atoms with Gasteiger partial charge < -0.3 is 0 Å². The van der Waals surface area contributed by atoms with Gasteiger partial charge in [-0.2, -0.15) is 5.10 Å². The van der Waals surface area contributed by atoms with Gasteiger partial charge in [-0.3, -0.25) is 5.43 Å². The Hall–Kier alpha value is -2.57. The van der Waals surface area contributed by atoms with Crippen LogP contribution in [0.25, 0.3) is 21.6 Å². The minimum absolute atomic E-state index is 0.714. The van der Waals surface area contributed by atoms with Gasteiger partial charge in [-0.15, -0.1) is 22.7 Å². The van der Waals surface area contributed by atoms with E-state index in [1.165, 1.54) is 4.88 Å². The Bertz CT molecular complexity index is 1000. The molecule has 0 aliphatic rings. The van der Waals surface area contributed by atoms with Crippen LogP contribution in [0.1, 0.15) is 16.7 Å². The topological polar surface area (TPSA) is 50.2 Å². The number of nitrogens with zero attached hydrogens (tertiary/aromatic N) is 3. The van der Waals surface area contributed by atoms with Crippen LogP contribution in [0, 0.1) is 0 Å². The first-order valence-corrected chi connectivity index (χ1v) is 9.71. The van der Waals surface area contributed by atoms with Gasteiger partial charge in [-0.25, -0.2) is 9.97 Å². The van der Waals surface area contributed by atoms with Crippen molar-refractivity contribution in [2.45, 2.75) is 13.3 Å². The Morgan fingerprint density at radius 3 is 2.76 bits per heavy atom. The third kappa shape index (κ3) is 3.45. The largest absolute Gasteiger partial charge is 0.261 e. The Morgan fingerprint density at radius 1 is 1.12 bits per heavy atom. The highest BCUT2D eigenvalue weighted by atomic mass is 32.1. The quantitative estimate of drug-likeness (QED) is 0.379. The molecule has 4 nitrogen and oxygen atoms in total. The highest BCUT2D eigenvalue weighted by molar-refractivity contribution is 7.18. The summed E-state index contributed by atoms with van der Waals surface area (Å²) in [5.41, 5.74) is 4.11. The molecule has 25 heavy (non-hydrogen) atoms. The van der Waals surface area contributed by atoms with Crippen molar-refractivity contribution in [2.75, 3.05) is 5.43 Å². The van der Waals surface area contributed by atoms with Crippen molar-refractivity contribution in [3.05, 3.63) is 63.7 Å². The molecule has 0 unspecified atom stereocenters. The number of hydrogen-bond donors (Lipinski definition) is 1. The molecule has 0 aliphatic carbocycles. The molecule has 0 spiro atoms. The summed E-state index contributed by atoms with van der Waals surface area (Å²) in [5, 5.41) is 7.40. The van der Waals surface area contributed by atoms with Crippen LogP contribution in [0.5, 0.6) is 0 Å². The van der Waals surface area contributed by atoms with E-state index in [0.717, 1.165) is 32.9 Å². The second-order valence-corrected chi connectivity index (χ2v) is 7.53. The lowest BCUT2D eigenvalue weighted by atomic mass is 10.2. The van der Waals surface area contributed by atoms with E-state index in [4.69, 9.17) is 9.97 Å². The summed E-state index contributed by atoms with van der Waals surface area (Å²) in [7, 11) is 0. The SMILES string of the molecule is CCc1cc2c(N/N=C\c3cccs3)nc(-c3ccccc3)nc2s1. The molecule has 0 atom stereocenters. The molecule has 0 radical (unpaired) electrons. The van der Waals surface area contributed by atoms with Crippen molar-refractivity contribution in [2.24, 2.45) is 5.10 Å². The number of fused-ring (bicyclic) bond motifs is 1. The van der Waals surface area contributed by atoms with Gasteiger partial charge >= 0.3 is 0 Å². The zero-order valence-electron chi connectivity index (χ0n) is 13.6. The van der Waals surface area contributed by atoms with E-state index in [2.05, 4.69) is 23.5 Å². The highest BCUT2D eigenvalue weighted by Crippen LogP contribution is 2.31. The molecule has 0 amide bonds. The lowest BCUT2D eigenvalue weighted by molar-refractivity contribution is 1.18. The van der Waals surface area contributed by atoms with E-state index in [1.807, 2.05) is 54.1 Å². The van der Waals surface area contributed by atoms with Crippen molar-refractivity contribution in [3.63, 3.8) is 0 Å². The summed E-state index contributed by atoms with van der Waals surface area (Å²) in [4.78, 5) is 12.8. The standard InChI is InChI=1S/C19H16N4S2/c1-2-14-11-16-18(23-20-12-15-9-6-10-24-15)21-17(22-19(16)25-14)13-7-4-3-5-8-13/h3-12H,2H2,1H3,(H,21,22,23)/b20-12-. The normalized spacial score (nSPS) is 11.4. The first-order valence-electron chi connectivity index (χ1n) is 8.02. The number of aryl methyl sites for hydroxylation is 1. The van der Waals surface area contributed by atoms with E-state index in [-0.39, 0.29) is 0 Å². The van der Waals surface area contributed by atoms with Crippen LogP contribution < -0.4 is 5.43 Å². The van der Waals surface area contributed by atoms with E-state index >= 15 is 0 Å². The zero-order chi connectivity index (χ0) is 17.1. The molecule has 124 valence electrons. The smallest absolute Gasteiger partial charge is 0.163 e. The Kier molecular flexibility index (Phi) is 4.54. The molecule has 0 bridgehead atoms. The summed E-state index contributed by atoms with van der Waals surface area (Å²) in [6.45, 7) is 2.15. The summed E-state index contributed by atoms with van der Waals surface area (Å²) in [5.74, 6) is 1.46. The molecule has 4 rings (SSSR count). The van der Waals surface area contributed by atoms with Gasteiger partial charge in [0.25, 0.3) is 0 Å². The summed E-state index contributed by atoms with van der Waals surface area (Å²) >= 11 is 3.36. The number of anilines is 1. The van der Waals surface area contributed by atoms with Crippen molar-refractivity contribution in [1.82, 2.24) is 9.97 Å². The third-order valence-electron chi connectivity index (χ3n) is 3.73. The van der Waals surface area contributed by atoms with Crippen molar-refractivity contribution in [3.8, 4) is 11.4 Å². The molecule has 0 fully saturated rings. The molecule has 3 aromatic heterocycles. The second kappa shape index (κ2) is 7.13. The van der Waals surface area contributed by atoms with Gasteiger partial charge in [0.2, 0.25) is 0 Å². The first-order chi connectivity index (χ1) is 12.3. The lowest BCUT2D eigenvalue weighted by Gasteiger charge is -2.05. The summed E-state index contributed by atoms with van der Waals surface area (Å²) in [6.07, 6.45) is 2.80. The lowest BCUT2D eigenvalue weighted by Crippen LogP contribution is -1.97. The highest BCUT2D eigenvalue weighted by Gasteiger charge is 2.12. The number of nitrogens with one attached hydrogen (secondary N) is 1. The molecule has 1 aromatic carbocycles. The van der Waals surface area contributed by atoms with Gasteiger partial charge in [-0.05, 0) is 23.9 Å². The Balaban J connectivity index is 1.75.